The molecule has 0 aliphatic heterocycles. The van der Waals surface area contributed by atoms with Crippen LogP contribution < -0.4 is 4.72 Å². The lowest BCUT2D eigenvalue weighted by Gasteiger charge is -2.15. The number of benzene rings is 1. The van der Waals surface area contributed by atoms with Gasteiger partial charge in [-0.2, -0.15) is 0 Å². The van der Waals surface area contributed by atoms with Crippen molar-refractivity contribution in [3.8, 4) is 0 Å². The molecule has 1 aromatic carbocycles. The number of hydrogen-bond donors (Lipinski definition) is 3. The zero-order chi connectivity index (χ0) is 13.9. The fourth-order valence-electron chi connectivity index (χ4n) is 2.37. The van der Waals surface area contributed by atoms with Crippen molar-refractivity contribution in [3.05, 3.63) is 35.9 Å². The molecular formula is C13H19NO4S. The SMILES string of the molecule is O=S(=O)(Cc1ccccc1)NCC1CC(O)CC1O. The molecule has 2 rings (SSSR count). The first kappa shape index (κ1) is 14.5. The molecule has 0 spiro atoms. The molecule has 5 nitrogen and oxygen atoms in total. The highest BCUT2D eigenvalue weighted by molar-refractivity contribution is 7.88. The van der Waals surface area contributed by atoms with Crippen LogP contribution in [0.15, 0.2) is 30.3 Å². The molecule has 3 atom stereocenters. The molecule has 3 unspecified atom stereocenters. The van der Waals surface area contributed by atoms with E-state index in [1.165, 1.54) is 0 Å². The van der Waals surface area contributed by atoms with Gasteiger partial charge in [-0.05, 0) is 18.4 Å². The third-order valence-electron chi connectivity index (χ3n) is 3.40. The summed E-state index contributed by atoms with van der Waals surface area (Å²) < 4.78 is 26.3. The first-order valence-electron chi connectivity index (χ1n) is 6.33. The maximum absolute atomic E-state index is 11.9. The van der Waals surface area contributed by atoms with E-state index in [2.05, 4.69) is 4.72 Å². The van der Waals surface area contributed by atoms with E-state index in [1.807, 2.05) is 6.07 Å². The zero-order valence-electron chi connectivity index (χ0n) is 10.6. The first-order valence-corrected chi connectivity index (χ1v) is 7.99. The number of hydrogen-bond acceptors (Lipinski definition) is 4. The fourth-order valence-corrected chi connectivity index (χ4v) is 3.57. The number of aliphatic hydroxyl groups is 2. The molecule has 6 heteroatoms. The lowest BCUT2D eigenvalue weighted by molar-refractivity contribution is 0.121. The van der Waals surface area contributed by atoms with Crippen LogP contribution in [0.5, 0.6) is 0 Å². The Balaban J connectivity index is 1.88. The van der Waals surface area contributed by atoms with Crippen LogP contribution in [0.1, 0.15) is 18.4 Å². The van der Waals surface area contributed by atoms with Gasteiger partial charge in [0.05, 0.1) is 18.0 Å². The first-order chi connectivity index (χ1) is 8.96. The lowest BCUT2D eigenvalue weighted by Crippen LogP contribution is -2.33. The van der Waals surface area contributed by atoms with E-state index in [4.69, 9.17) is 0 Å². The molecule has 0 amide bonds. The summed E-state index contributed by atoms with van der Waals surface area (Å²) in [5.41, 5.74) is 0.724. The second-order valence-corrected chi connectivity index (χ2v) is 6.85. The van der Waals surface area contributed by atoms with Crippen molar-refractivity contribution in [1.29, 1.82) is 0 Å². The van der Waals surface area contributed by atoms with E-state index < -0.39 is 22.2 Å². The summed E-state index contributed by atoms with van der Waals surface area (Å²) in [5, 5.41) is 19.0. The molecule has 106 valence electrons. The minimum atomic E-state index is -3.41. The second kappa shape index (κ2) is 6.00. The Bertz CT molecular complexity index is 503. The Morgan fingerprint density at radius 3 is 2.42 bits per heavy atom. The predicted molar refractivity (Wildman–Crippen MR) is 71.8 cm³/mol. The Kier molecular flexibility index (Phi) is 4.57. The molecule has 0 saturated heterocycles. The van der Waals surface area contributed by atoms with Gasteiger partial charge >= 0.3 is 0 Å². The third kappa shape index (κ3) is 4.28. The summed E-state index contributed by atoms with van der Waals surface area (Å²) in [6, 6.07) is 8.94. The monoisotopic (exact) mass is 285 g/mol. The highest BCUT2D eigenvalue weighted by Gasteiger charge is 2.32. The van der Waals surface area contributed by atoms with Crippen LogP contribution in [-0.2, 0) is 15.8 Å². The molecule has 0 heterocycles. The summed E-state index contributed by atoms with van der Waals surface area (Å²) in [7, 11) is -3.41. The largest absolute Gasteiger partial charge is 0.393 e. The van der Waals surface area contributed by atoms with Gasteiger partial charge in [-0.3, -0.25) is 0 Å². The standard InChI is InChI=1S/C13H19NO4S/c15-12-6-11(13(16)7-12)8-14-19(17,18)9-10-4-2-1-3-5-10/h1-5,11-16H,6-9H2. The zero-order valence-corrected chi connectivity index (χ0v) is 11.4. The third-order valence-corrected chi connectivity index (χ3v) is 4.72. The van der Waals surface area contributed by atoms with Crippen molar-refractivity contribution >= 4 is 10.0 Å². The topological polar surface area (TPSA) is 86.6 Å². The van der Waals surface area contributed by atoms with E-state index in [-0.39, 0.29) is 18.2 Å². The van der Waals surface area contributed by atoms with Crippen LogP contribution in [0, 0.1) is 5.92 Å². The van der Waals surface area contributed by atoms with Crippen LogP contribution in [-0.4, -0.2) is 37.4 Å². The second-order valence-electron chi connectivity index (χ2n) is 5.05. The van der Waals surface area contributed by atoms with Crippen LogP contribution in [0.3, 0.4) is 0 Å². The summed E-state index contributed by atoms with van der Waals surface area (Å²) >= 11 is 0. The van der Waals surface area contributed by atoms with E-state index in [0.717, 1.165) is 5.56 Å². The van der Waals surface area contributed by atoms with Gasteiger partial charge in [0.2, 0.25) is 10.0 Å². The Morgan fingerprint density at radius 1 is 1.16 bits per heavy atom. The van der Waals surface area contributed by atoms with E-state index in [9.17, 15) is 18.6 Å². The molecule has 1 aliphatic rings. The van der Waals surface area contributed by atoms with Gasteiger partial charge in [0, 0.05) is 12.5 Å². The average Bonchev–Trinajstić information content (AvgIpc) is 2.66. The van der Waals surface area contributed by atoms with Crippen molar-refractivity contribution in [2.45, 2.75) is 30.8 Å². The van der Waals surface area contributed by atoms with Gasteiger partial charge in [-0.15, -0.1) is 0 Å². The summed E-state index contributed by atoms with van der Waals surface area (Å²) in [6.07, 6.45) is -0.395. The molecule has 0 aromatic heterocycles. The number of aliphatic hydroxyl groups excluding tert-OH is 2. The van der Waals surface area contributed by atoms with Crippen molar-refractivity contribution in [2.75, 3.05) is 6.54 Å². The molecule has 19 heavy (non-hydrogen) atoms. The quantitative estimate of drug-likeness (QED) is 0.723. The van der Waals surface area contributed by atoms with Crippen LogP contribution in [0.25, 0.3) is 0 Å². The van der Waals surface area contributed by atoms with E-state index in [1.54, 1.807) is 24.3 Å². The molecule has 0 radical (unpaired) electrons. The van der Waals surface area contributed by atoms with Gasteiger partial charge in [0.15, 0.2) is 0 Å². The number of rotatable bonds is 5. The molecule has 3 N–H and O–H groups in total. The van der Waals surface area contributed by atoms with Crippen LogP contribution >= 0.6 is 0 Å². The summed E-state index contributed by atoms with van der Waals surface area (Å²) in [4.78, 5) is 0. The number of nitrogens with one attached hydrogen (secondary N) is 1. The normalized spacial score (nSPS) is 27.6. The maximum atomic E-state index is 11.9. The van der Waals surface area contributed by atoms with Gasteiger partial charge in [-0.25, -0.2) is 13.1 Å². The molecule has 1 aromatic rings. The Morgan fingerprint density at radius 2 is 1.84 bits per heavy atom. The molecule has 1 saturated carbocycles. The summed E-state index contributed by atoms with van der Waals surface area (Å²) in [5.74, 6) is -0.278. The minimum Gasteiger partial charge on any atom is -0.393 e. The fraction of sp³-hybridized carbons (Fsp3) is 0.538. The van der Waals surface area contributed by atoms with Crippen molar-refractivity contribution in [3.63, 3.8) is 0 Å². The smallest absolute Gasteiger partial charge is 0.215 e. The lowest BCUT2D eigenvalue weighted by atomic mass is 10.1. The Hall–Kier alpha value is -0.950. The number of sulfonamides is 1. The molecular weight excluding hydrogens is 266 g/mol. The van der Waals surface area contributed by atoms with Crippen molar-refractivity contribution < 1.29 is 18.6 Å². The molecule has 0 bridgehead atoms. The van der Waals surface area contributed by atoms with Crippen LogP contribution in [0.4, 0.5) is 0 Å². The average molecular weight is 285 g/mol. The van der Waals surface area contributed by atoms with Crippen molar-refractivity contribution in [1.82, 2.24) is 4.72 Å². The van der Waals surface area contributed by atoms with Crippen LogP contribution in [0.2, 0.25) is 0 Å². The van der Waals surface area contributed by atoms with Gasteiger partial charge < -0.3 is 10.2 Å². The highest BCUT2D eigenvalue weighted by Crippen LogP contribution is 2.25. The van der Waals surface area contributed by atoms with Gasteiger partial charge in [0.1, 0.15) is 0 Å². The molecule has 1 fully saturated rings. The van der Waals surface area contributed by atoms with Gasteiger partial charge in [-0.1, -0.05) is 30.3 Å². The highest BCUT2D eigenvalue weighted by atomic mass is 32.2. The summed E-state index contributed by atoms with van der Waals surface area (Å²) in [6.45, 7) is 0.174. The predicted octanol–water partition coefficient (Wildman–Crippen LogP) is 0.238. The van der Waals surface area contributed by atoms with E-state index >= 15 is 0 Å². The van der Waals surface area contributed by atoms with Crippen molar-refractivity contribution in [2.24, 2.45) is 5.92 Å². The van der Waals surface area contributed by atoms with E-state index in [0.29, 0.717) is 12.8 Å². The minimum absolute atomic E-state index is 0.0702. The molecule has 1 aliphatic carbocycles. The maximum Gasteiger partial charge on any atom is 0.215 e. The van der Waals surface area contributed by atoms with Gasteiger partial charge in [0.25, 0.3) is 0 Å². The Labute approximate surface area is 113 Å².